The number of morpholine rings is 2. The summed E-state index contributed by atoms with van der Waals surface area (Å²) in [6.07, 6.45) is -9.56. The Hall–Kier alpha value is -5.97. The summed E-state index contributed by atoms with van der Waals surface area (Å²) in [4.78, 5) is 30.3. The van der Waals surface area contributed by atoms with Crippen LogP contribution in [-0.4, -0.2) is 129 Å². The molecule has 1 amide bonds. The fraction of sp³-hybridized carbons (Fsp3) is 0.512. The molecule has 0 aliphatic carbocycles. The van der Waals surface area contributed by atoms with Gasteiger partial charge in [0.1, 0.15) is 48.1 Å². The molecule has 4 aliphatic rings. The zero-order chi connectivity index (χ0) is 52.3. The van der Waals surface area contributed by atoms with Crippen LogP contribution < -0.4 is 25.4 Å². The number of amides is 1. The quantitative estimate of drug-likeness (QED) is 0.142. The van der Waals surface area contributed by atoms with Gasteiger partial charge in [-0.25, -0.2) is 33.5 Å². The largest absolute Gasteiger partial charge is 0.474 e. The van der Waals surface area contributed by atoms with E-state index in [1.54, 1.807) is 32.0 Å². The summed E-state index contributed by atoms with van der Waals surface area (Å²) in [6.45, 7) is 8.06. The lowest BCUT2D eigenvalue weighted by Crippen LogP contribution is -2.64. The summed E-state index contributed by atoms with van der Waals surface area (Å²) in [7, 11) is 0. The SMILES string of the molecule is Cc1ccc(Nc2ncnc(OC3CC4COCC(C3)N4)c2C)c(F)c1.Cc1ccc(Nc2ncnc(OC3CC4COCC(C3)N4C(=O)OC(C)(C(F)(F)F)C(F)(F)F)c2C)c(F)c1.O=S=O.O=S=O. The molecule has 2 aromatic heterocycles. The minimum atomic E-state index is -5.88. The first-order valence-corrected chi connectivity index (χ1v) is 22.8. The minimum absolute atomic E-state index is 0.0269. The number of nitrogens with one attached hydrogen (secondary N) is 3. The minimum Gasteiger partial charge on any atom is -0.474 e. The van der Waals surface area contributed by atoms with Crippen molar-refractivity contribution in [2.75, 3.05) is 37.1 Å². The Balaban J connectivity index is 0.000000252. The summed E-state index contributed by atoms with van der Waals surface area (Å²) in [5.41, 5.74) is -1.31. The second kappa shape index (κ2) is 24.4. The van der Waals surface area contributed by atoms with Crippen LogP contribution in [-0.2, 0) is 37.4 Å². The Morgan fingerprint density at radius 1 is 0.662 bits per heavy atom. The van der Waals surface area contributed by atoms with Gasteiger partial charge >= 0.3 is 41.6 Å². The summed E-state index contributed by atoms with van der Waals surface area (Å²) >= 11 is -1.50. The van der Waals surface area contributed by atoms with E-state index in [9.17, 15) is 39.9 Å². The molecule has 18 nitrogen and oxygen atoms in total. The number of halogens is 8. The van der Waals surface area contributed by atoms with Gasteiger partial charge in [-0.3, -0.25) is 4.90 Å². The third-order valence-electron chi connectivity index (χ3n) is 11.7. The van der Waals surface area contributed by atoms with Crippen LogP contribution in [0.15, 0.2) is 49.1 Å². The van der Waals surface area contributed by atoms with Crippen molar-refractivity contribution in [3.8, 4) is 11.8 Å². The van der Waals surface area contributed by atoms with Crippen molar-refractivity contribution in [3.05, 3.63) is 82.9 Å². The topological polar surface area (TPSA) is 222 Å². The van der Waals surface area contributed by atoms with Gasteiger partial charge in [-0.15, -0.1) is 0 Å². The van der Waals surface area contributed by atoms with Crippen LogP contribution in [0.1, 0.15) is 54.9 Å². The van der Waals surface area contributed by atoms with Gasteiger partial charge in [0, 0.05) is 37.8 Å². The Kier molecular flexibility index (Phi) is 19.3. The zero-order valence-corrected chi connectivity index (χ0v) is 40.0. The van der Waals surface area contributed by atoms with Crippen LogP contribution in [0.2, 0.25) is 0 Å². The summed E-state index contributed by atoms with van der Waals surface area (Å²) in [6, 6.07) is 8.52. The molecule has 4 aromatic rings. The van der Waals surface area contributed by atoms with Gasteiger partial charge in [-0.1, -0.05) is 12.1 Å². The average molecular weight is 1050 g/mol. The van der Waals surface area contributed by atoms with Crippen molar-refractivity contribution >= 4 is 52.2 Å². The van der Waals surface area contributed by atoms with Crippen molar-refractivity contribution in [1.29, 1.82) is 0 Å². The van der Waals surface area contributed by atoms with Crippen LogP contribution >= 0.6 is 0 Å². The highest BCUT2D eigenvalue weighted by molar-refractivity contribution is 7.51. The standard InChI is InChI=1S/C24H25F7N4O4.C19H23FN4O2.2O2S/c1-12-4-5-18(17(25)6-12)34-19-13(2)20(33-11-32-19)38-16-7-14-9-37-10-15(8-16)35(14)21(36)39-22(3,23(26,27)28)24(29,30)31;1-11-3-4-17(16(20)5-11)24-18-12(2)19(22-10-21-18)26-15-6-13-8-25-9-14(7-15)23-13;2*1-3-2/h4-6,11,14-16H,7-10H2,1-3H3,(H,32,33,34);3-5,10,13-15,23H,6-9H2,1-2H3,(H,21,22,24);;. The van der Waals surface area contributed by atoms with E-state index in [0.717, 1.165) is 47.6 Å². The maximum absolute atomic E-state index is 14.3. The van der Waals surface area contributed by atoms with Crippen LogP contribution in [0.25, 0.3) is 0 Å². The van der Waals surface area contributed by atoms with Gasteiger partial charge in [-0.05, 0) is 70.0 Å². The number of alkyl halides is 6. The van der Waals surface area contributed by atoms with Crippen molar-refractivity contribution in [2.45, 2.75) is 115 Å². The lowest BCUT2D eigenvalue weighted by molar-refractivity contribution is -0.360. The number of anilines is 4. The number of aryl methyl sites for hydroxylation is 2. The highest BCUT2D eigenvalue weighted by atomic mass is 32.1. The summed E-state index contributed by atoms with van der Waals surface area (Å²) in [5.74, 6) is 0.704. The predicted molar refractivity (Wildman–Crippen MR) is 236 cm³/mol. The van der Waals surface area contributed by atoms with E-state index in [1.807, 2.05) is 19.9 Å². The van der Waals surface area contributed by atoms with Gasteiger partial charge in [0.25, 0.3) is 5.60 Å². The third kappa shape index (κ3) is 14.3. The molecular weight excluding hydrogens is 1000 g/mol. The van der Waals surface area contributed by atoms with E-state index in [0.29, 0.717) is 35.0 Å². The lowest BCUT2D eigenvalue weighted by atomic mass is 9.92. The van der Waals surface area contributed by atoms with Gasteiger partial charge in [0.05, 0.1) is 61.0 Å². The number of carbonyl (C=O) groups excluding carboxylic acids is 1. The lowest BCUT2D eigenvalue weighted by Gasteiger charge is -2.48. The fourth-order valence-electron chi connectivity index (χ4n) is 8.02. The molecule has 0 spiro atoms. The molecule has 8 rings (SSSR count). The normalized spacial score (nSPS) is 21.5. The molecule has 28 heteroatoms. The first kappa shape index (κ1) is 56.0. The van der Waals surface area contributed by atoms with Gasteiger partial charge in [-0.2, -0.15) is 43.2 Å². The van der Waals surface area contributed by atoms with Crippen LogP contribution in [0.3, 0.4) is 0 Å². The number of piperidine rings is 2. The van der Waals surface area contributed by atoms with E-state index in [-0.39, 0.29) is 62.3 Å². The predicted octanol–water partition coefficient (Wildman–Crippen LogP) is 7.14. The number of rotatable bonds is 9. The van der Waals surface area contributed by atoms with Gasteiger partial charge < -0.3 is 39.6 Å². The van der Waals surface area contributed by atoms with E-state index in [4.69, 9.17) is 35.8 Å². The molecule has 4 fully saturated rings. The molecule has 71 heavy (non-hydrogen) atoms. The van der Waals surface area contributed by atoms with Crippen LogP contribution in [0, 0.1) is 39.3 Å². The second-order valence-corrected chi connectivity index (χ2v) is 17.1. The van der Waals surface area contributed by atoms with Gasteiger partial charge in [0.15, 0.2) is 0 Å². The number of hydrogen-bond donors (Lipinski definition) is 3. The van der Waals surface area contributed by atoms with E-state index >= 15 is 0 Å². The fourth-order valence-corrected chi connectivity index (χ4v) is 8.02. The first-order valence-electron chi connectivity index (χ1n) is 21.4. The van der Waals surface area contributed by atoms with E-state index in [2.05, 4.69) is 40.6 Å². The van der Waals surface area contributed by atoms with Crippen molar-refractivity contribution in [3.63, 3.8) is 0 Å². The smallest absolute Gasteiger partial charge is 0.437 e. The number of ether oxygens (including phenoxy) is 5. The number of aromatic nitrogens is 4. The highest BCUT2D eigenvalue weighted by Crippen LogP contribution is 2.46. The molecule has 0 radical (unpaired) electrons. The maximum atomic E-state index is 14.3. The molecule has 4 unspecified atom stereocenters. The van der Waals surface area contributed by atoms with E-state index < -0.39 is 71.2 Å². The Labute approximate surface area is 408 Å². The zero-order valence-electron chi connectivity index (χ0n) is 38.4. The Morgan fingerprint density at radius 2 is 1.06 bits per heavy atom. The number of nitrogens with zero attached hydrogens (tertiary/aromatic N) is 5. The van der Waals surface area contributed by atoms with Crippen molar-refractivity contribution in [1.82, 2.24) is 30.2 Å². The molecule has 3 N–H and O–H groups in total. The maximum Gasteiger partial charge on any atom is 0.437 e. The summed E-state index contributed by atoms with van der Waals surface area (Å²) < 4.78 is 168. The first-order chi connectivity index (χ1) is 33.5. The molecule has 4 atom stereocenters. The average Bonchev–Trinajstić information content (AvgIpc) is 3.28. The molecule has 2 aromatic carbocycles. The van der Waals surface area contributed by atoms with E-state index in [1.165, 1.54) is 24.8 Å². The molecule has 4 aliphatic heterocycles. The molecule has 6 heterocycles. The number of carbonyl (C=O) groups is 1. The van der Waals surface area contributed by atoms with Crippen molar-refractivity contribution in [2.24, 2.45) is 0 Å². The van der Waals surface area contributed by atoms with Gasteiger partial charge in [0.2, 0.25) is 11.8 Å². The molecular formula is C43H48F8N8O10S2. The molecule has 4 bridgehead atoms. The number of hydrogen-bond acceptors (Lipinski definition) is 17. The monoisotopic (exact) mass is 1050 g/mol. The number of benzene rings is 2. The molecule has 4 saturated heterocycles. The summed E-state index contributed by atoms with van der Waals surface area (Å²) in [5, 5.41) is 9.47. The third-order valence-corrected chi connectivity index (χ3v) is 11.7. The second-order valence-electron chi connectivity index (χ2n) is 16.8. The van der Waals surface area contributed by atoms with Crippen LogP contribution in [0.4, 0.5) is 62.9 Å². The highest BCUT2D eigenvalue weighted by Gasteiger charge is 2.71. The Bertz CT molecular complexity index is 2510. The molecule has 388 valence electrons. The van der Waals surface area contributed by atoms with Crippen molar-refractivity contribution < 1.29 is 80.4 Å². The number of fused-ring (bicyclic) bond motifs is 4. The Morgan fingerprint density at radius 3 is 1.45 bits per heavy atom. The van der Waals surface area contributed by atoms with Crippen LogP contribution in [0.5, 0.6) is 11.8 Å². The molecule has 0 saturated carbocycles.